The number of aliphatic hydroxyl groups excluding tert-OH is 1. The highest BCUT2D eigenvalue weighted by atomic mass is 32.2. The van der Waals surface area contributed by atoms with E-state index in [1.165, 1.54) is 21.4 Å². The van der Waals surface area contributed by atoms with Crippen LogP contribution >= 0.6 is 0 Å². The van der Waals surface area contributed by atoms with E-state index in [0.29, 0.717) is 31.3 Å². The van der Waals surface area contributed by atoms with Crippen LogP contribution in [0, 0.1) is 11.3 Å². The van der Waals surface area contributed by atoms with Crippen molar-refractivity contribution in [3.63, 3.8) is 0 Å². The van der Waals surface area contributed by atoms with Gasteiger partial charge < -0.3 is 19.9 Å². The number of nitrogens with zero attached hydrogens (tertiary/aromatic N) is 2. The number of carbonyl (C=O) groups excluding carboxylic acids is 2. The summed E-state index contributed by atoms with van der Waals surface area (Å²) in [7, 11) is -4.13. The molecule has 1 unspecified atom stereocenters. The molecule has 2 atom stereocenters. The second kappa shape index (κ2) is 17.1. The van der Waals surface area contributed by atoms with Crippen LogP contribution in [0.5, 0.6) is 11.5 Å². The molecule has 11 nitrogen and oxygen atoms in total. The number of fused-ring (bicyclic) bond motifs is 1. The Hall–Kier alpha value is -3.97. The highest BCUT2D eigenvalue weighted by Gasteiger charge is 2.37. The molecule has 1 heterocycles. The van der Waals surface area contributed by atoms with Gasteiger partial charge in [0.15, 0.2) is 11.5 Å². The van der Waals surface area contributed by atoms with E-state index < -0.39 is 39.4 Å². The maximum Gasteiger partial charge on any atom is 0.252 e. The Balaban J connectivity index is 1.64. The topological polar surface area (TPSA) is 138 Å². The molecular weight excluding hydrogens is 644 g/mol. The number of nitrogens with one attached hydrogen (secondary N) is 2. The molecule has 1 aliphatic rings. The van der Waals surface area contributed by atoms with E-state index in [1.807, 2.05) is 95.3 Å². The average molecular weight is 695 g/mol. The lowest BCUT2D eigenvalue weighted by molar-refractivity contribution is -0.149. The summed E-state index contributed by atoms with van der Waals surface area (Å²) in [5, 5.41) is 16.3. The Bertz CT molecular complexity index is 1630. The van der Waals surface area contributed by atoms with Gasteiger partial charge in [-0.05, 0) is 41.0 Å². The van der Waals surface area contributed by atoms with Gasteiger partial charge in [0.1, 0.15) is 13.2 Å². The number of sulfonamides is 1. The molecule has 0 aliphatic carbocycles. The van der Waals surface area contributed by atoms with Gasteiger partial charge in [-0.1, -0.05) is 95.3 Å². The van der Waals surface area contributed by atoms with E-state index in [0.717, 1.165) is 11.1 Å². The molecule has 1 aliphatic heterocycles. The first kappa shape index (κ1) is 37.8. The number of hydrazine groups is 1. The highest BCUT2D eigenvalue weighted by Crippen LogP contribution is 2.33. The molecule has 0 fully saturated rings. The quantitative estimate of drug-likeness (QED) is 0.202. The van der Waals surface area contributed by atoms with E-state index in [4.69, 9.17) is 9.47 Å². The van der Waals surface area contributed by atoms with Gasteiger partial charge in [0.05, 0.1) is 23.6 Å². The van der Waals surface area contributed by atoms with Crippen molar-refractivity contribution in [2.24, 2.45) is 11.3 Å². The van der Waals surface area contributed by atoms with E-state index in [9.17, 15) is 23.1 Å². The first-order valence-electron chi connectivity index (χ1n) is 16.7. The molecule has 2 amide bonds. The van der Waals surface area contributed by atoms with Gasteiger partial charge in [0.25, 0.3) is 5.91 Å². The van der Waals surface area contributed by atoms with Crippen molar-refractivity contribution in [1.29, 1.82) is 0 Å². The predicted octanol–water partition coefficient (Wildman–Crippen LogP) is 4.16. The number of aliphatic hydroxyl groups is 1. The van der Waals surface area contributed by atoms with Crippen LogP contribution in [-0.4, -0.2) is 79.6 Å². The van der Waals surface area contributed by atoms with Gasteiger partial charge in [-0.15, -0.1) is 0 Å². The normalized spacial score (nSPS) is 14.4. The van der Waals surface area contributed by atoms with Gasteiger partial charge in [0, 0.05) is 32.1 Å². The second-order valence-corrected chi connectivity index (χ2v) is 15.9. The lowest BCUT2D eigenvalue weighted by Gasteiger charge is -2.38. The smallest absolute Gasteiger partial charge is 0.252 e. The number of hydrogen-bond donors (Lipinski definition) is 3. The zero-order valence-corrected chi connectivity index (χ0v) is 29.9. The fourth-order valence-electron chi connectivity index (χ4n) is 5.56. The Morgan fingerprint density at radius 3 is 2.10 bits per heavy atom. The van der Waals surface area contributed by atoms with Crippen LogP contribution < -0.4 is 20.2 Å². The van der Waals surface area contributed by atoms with Crippen LogP contribution in [0.2, 0.25) is 0 Å². The van der Waals surface area contributed by atoms with E-state index >= 15 is 0 Å². The number of benzene rings is 3. The Kier molecular flexibility index (Phi) is 13.2. The molecule has 49 heavy (non-hydrogen) atoms. The number of carbonyl (C=O) groups is 2. The van der Waals surface area contributed by atoms with Crippen LogP contribution in [0.25, 0.3) is 0 Å². The van der Waals surface area contributed by atoms with E-state index in [-0.39, 0.29) is 43.3 Å². The third kappa shape index (κ3) is 11.3. The van der Waals surface area contributed by atoms with Gasteiger partial charge in [0.2, 0.25) is 15.9 Å². The number of hydrogen-bond acceptors (Lipinski definition) is 8. The molecule has 3 N–H and O–H groups in total. The number of ether oxygens (including phenoxy) is 2. The van der Waals surface area contributed by atoms with Gasteiger partial charge in [-0.2, -0.15) is 4.31 Å². The lowest BCUT2D eigenvalue weighted by Crippen LogP contribution is -2.60. The number of rotatable bonds is 15. The highest BCUT2D eigenvalue weighted by molar-refractivity contribution is 7.89. The first-order chi connectivity index (χ1) is 23.2. The molecule has 12 heteroatoms. The first-order valence-corrected chi connectivity index (χ1v) is 18.1. The summed E-state index contributed by atoms with van der Waals surface area (Å²) in [6.07, 6.45) is -1.14. The predicted molar refractivity (Wildman–Crippen MR) is 188 cm³/mol. The minimum Gasteiger partial charge on any atom is -0.486 e. The molecule has 3 aromatic rings. The third-order valence-corrected chi connectivity index (χ3v) is 9.65. The Morgan fingerprint density at radius 2 is 1.49 bits per heavy atom. The zero-order valence-electron chi connectivity index (χ0n) is 29.1. The summed E-state index contributed by atoms with van der Waals surface area (Å²) in [5.41, 5.74) is 4.14. The van der Waals surface area contributed by atoms with Crippen molar-refractivity contribution in [3.8, 4) is 11.5 Å². The van der Waals surface area contributed by atoms with Gasteiger partial charge >= 0.3 is 0 Å². The lowest BCUT2D eigenvalue weighted by atomic mass is 9.91. The van der Waals surface area contributed by atoms with Crippen LogP contribution in [0.3, 0.4) is 0 Å². The summed E-state index contributed by atoms with van der Waals surface area (Å²) in [5.74, 6) is -0.145. The fraction of sp³-hybridized carbons (Fsp3) is 0.459. The standard InChI is InChI=1S/C37H50N4O7S/c1-27(2)25-40(49(45,46)30-16-17-33-34(21-30)48-19-18-47-33)26-32(42)31(20-28-12-8-6-9-13-28)41(36(44)22-37(3,4)5)39-35(43)24-38-23-29-14-10-7-11-15-29/h6-17,21,27,31-32,38,42H,18-20,22-26H2,1-5H3,(H,39,43)/t31?,32-/m1/s1. The molecule has 0 saturated carbocycles. The summed E-state index contributed by atoms with van der Waals surface area (Å²) in [4.78, 5) is 27.3. The SMILES string of the molecule is CC(C)CN(C[C@@H](O)C(Cc1ccccc1)N(NC(=O)CNCc1ccccc1)C(=O)CC(C)(C)C)S(=O)(=O)c1ccc2c(c1)OCCO2. The summed E-state index contributed by atoms with van der Waals surface area (Å²) >= 11 is 0. The average Bonchev–Trinajstić information content (AvgIpc) is 3.05. The van der Waals surface area contributed by atoms with Crippen molar-refractivity contribution in [2.45, 2.75) is 71.0 Å². The van der Waals surface area contributed by atoms with Gasteiger partial charge in [-0.25, -0.2) is 13.4 Å². The molecule has 0 saturated heterocycles. The van der Waals surface area contributed by atoms with Crippen molar-refractivity contribution < 1.29 is 32.6 Å². The Labute approximate surface area is 290 Å². The molecule has 0 spiro atoms. The molecule has 3 aromatic carbocycles. The van der Waals surface area contributed by atoms with Gasteiger partial charge in [-0.3, -0.25) is 15.0 Å². The molecule has 0 bridgehead atoms. The minimum absolute atomic E-state index is 0.00247. The molecule has 0 aromatic heterocycles. The largest absolute Gasteiger partial charge is 0.486 e. The number of amides is 2. The summed E-state index contributed by atoms with van der Waals surface area (Å²) < 4.78 is 40.7. The van der Waals surface area contributed by atoms with E-state index in [2.05, 4.69) is 10.7 Å². The van der Waals surface area contributed by atoms with Crippen molar-refractivity contribution in [3.05, 3.63) is 90.0 Å². The maximum absolute atomic E-state index is 14.1. The fourth-order valence-corrected chi connectivity index (χ4v) is 7.19. The minimum atomic E-state index is -4.13. The zero-order chi connectivity index (χ0) is 35.6. The van der Waals surface area contributed by atoms with Crippen LogP contribution in [-0.2, 0) is 32.6 Å². The molecule has 0 radical (unpaired) electrons. The third-order valence-electron chi connectivity index (χ3n) is 7.83. The monoisotopic (exact) mass is 694 g/mol. The molecular formula is C37H50N4O7S. The maximum atomic E-state index is 14.1. The van der Waals surface area contributed by atoms with Crippen molar-refractivity contribution >= 4 is 21.8 Å². The van der Waals surface area contributed by atoms with Crippen molar-refractivity contribution in [2.75, 3.05) is 32.8 Å². The second-order valence-electron chi connectivity index (χ2n) is 14.0. The van der Waals surface area contributed by atoms with Crippen LogP contribution in [0.1, 0.15) is 52.2 Å². The summed E-state index contributed by atoms with van der Waals surface area (Å²) in [6.45, 7) is 10.4. The molecule has 4 rings (SSSR count). The Morgan fingerprint density at radius 1 is 0.878 bits per heavy atom. The van der Waals surface area contributed by atoms with E-state index in [1.54, 1.807) is 6.07 Å². The van der Waals surface area contributed by atoms with Crippen LogP contribution in [0.4, 0.5) is 0 Å². The van der Waals surface area contributed by atoms with Crippen LogP contribution in [0.15, 0.2) is 83.8 Å². The summed E-state index contributed by atoms with van der Waals surface area (Å²) in [6, 6.07) is 22.4. The van der Waals surface area contributed by atoms with Crippen molar-refractivity contribution in [1.82, 2.24) is 20.1 Å². The molecule has 266 valence electrons.